The van der Waals surface area contributed by atoms with E-state index >= 15 is 0 Å². The monoisotopic (exact) mass is 375 g/mol. The van der Waals surface area contributed by atoms with Crippen molar-refractivity contribution in [1.29, 1.82) is 0 Å². The van der Waals surface area contributed by atoms with Gasteiger partial charge in [0.2, 0.25) is 5.91 Å². The fraction of sp³-hybridized carbons (Fsp3) is 0. The van der Waals surface area contributed by atoms with Crippen LogP contribution in [0.25, 0.3) is 22.0 Å². The van der Waals surface area contributed by atoms with Crippen molar-refractivity contribution in [3.05, 3.63) is 83.8 Å². The Hall–Kier alpha value is -3.44. The zero-order chi connectivity index (χ0) is 18.8. The highest BCUT2D eigenvalue weighted by Crippen LogP contribution is 2.29. The summed E-state index contributed by atoms with van der Waals surface area (Å²) < 4.78 is 5.97. The van der Waals surface area contributed by atoms with E-state index in [0.29, 0.717) is 17.2 Å². The summed E-state index contributed by atoms with van der Waals surface area (Å²) in [4.78, 5) is 19.8. The van der Waals surface area contributed by atoms with Gasteiger partial charge in [-0.2, -0.15) is 0 Å². The quantitative estimate of drug-likeness (QED) is 0.553. The average molecular weight is 376 g/mol. The van der Waals surface area contributed by atoms with E-state index in [2.05, 4.69) is 9.97 Å². The first-order valence-electron chi connectivity index (χ1n) is 8.17. The Morgan fingerprint density at radius 1 is 0.926 bits per heavy atom. The van der Waals surface area contributed by atoms with E-state index in [4.69, 9.17) is 22.1 Å². The number of amides is 1. The second-order valence-corrected chi connectivity index (χ2v) is 6.33. The van der Waals surface area contributed by atoms with Crippen molar-refractivity contribution in [2.24, 2.45) is 5.73 Å². The van der Waals surface area contributed by atoms with E-state index in [9.17, 15) is 4.79 Å². The highest BCUT2D eigenvalue weighted by atomic mass is 35.5. The predicted octanol–water partition coefficient (Wildman–Crippen LogP) is 4.84. The molecule has 2 aromatic carbocycles. The molecule has 0 unspecified atom stereocenters. The molecule has 0 atom stereocenters. The number of nitrogens with zero attached hydrogens (tertiary/aromatic N) is 2. The lowest BCUT2D eigenvalue weighted by Crippen LogP contribution is -2.11. The fourth-order valence-electron chi connectivity index (χ4n) is 2.77. The molecular formula is C21H14ClN3O2. The van der Waals surface area contributed by atoms with Gasteiger partial charge in [0, 0.05) is 35.6 Å². The number of fused-ring (bicyclic) bond motifs is 1. The maximum atomic E-state index is 11.3. The molecule has 0 saturated carbocycles. The zero-order valence-corrected chi connectivity index (χ0v) is 14.9. The molecule has 0 radical (unpaired) electrons. The summed E-state index contributed by atoms with van der Waals surface area (Å²) in [6, 6.07) is 16.3. The number of carbonyl (C=O) groups is 1. The van der Waals surface area contributed by atoms with Crippen LogP contribution in [0.15, 0.2) is 73.2 Å². The topological polar surface area (TPSA) is 78.1 Å². The lowest BCUT2D eigenvalue weighted by molar-refractivity contribution is 0.100. The SMILES string of the molecule is NC(=O)c1ccc(-c2cc(Oc3ccc4ccncc4c3)ccn2)cc1Cl. The van der Waals surface area contributed by atoms with Gasteiger partial charge in [-0.05, 0) is 41.8 Å². The van der Waals surface area contributed by atoms with Crippen molar-refractivity contribution < 1.29 is 9.53 Å². The van der Waals surface area contributed by atoms with Crippen LogP contribution in [0.2, 0.25) is 5.02 Å². The minimum Gasteiger partial charge on any atom is -0.457 e. The number of benzene rings is 2. The second-order valence-electron chi connectivity index (χ2n) is 5.92. The molecule has 2 heterocycles. The van der Waals surface area contributed by atoms with Crippen LogP contribution in [-0.4, -0.2) is 15.9 Å². The molecule has 0 aliphatic carbocycles. The van der Waals surface area contributed by atoms with Gasteiger partial charge >= 0.3 is 0 Å². The van der Waals surface area contributed by atoms with Crippen molar-refractivity contribution in [2.75, 3.05) is 0 Å². The van der Waals surface area contributed by atoms with Gasteiger partial charge in [0.1, 0.15) is 11.5 Å². The summed E-state index contributed by atoms with van der Waals surface area (Å²) in [5.74, 6) is 0.774. The van der Waals surface area contributed by atoms with Crippen molar-refractivity contribution in [2.45, 2.75) is 0 Å². The van der Waals surface area contributed by atoms with Gasteiger partial charge in [0.25, 0.3) is 0 Å². The Kier molecular flexibility index (Phi) is 4.44. The summed E-state index contributed by atoms with van der Waals surface area (Å²) in [5.41, 5.74) is 7.00. The van der Waals surface area contributed by atoms with Gasteiger partial charge in [-0.1, -0.05) is 23.7 Å². The Bertz CT molecular complexity index is 1160. The average Bonchev–Trinajstić information content (AvgIpc) is 2.68. The van der Waals surface area contributed by atoms with Gasteiger partial charge in [0.05, 0.1) is 16.3 Å². The minimum absolute atomic E-state index is 0.276. The number of hydrogen-bond donors (Lipinski definition) is 1. The zero-order valence-electron chi connectivity index (χ0n) is 14.1. The molecule has 0 bridgehead atoms. The number of ether oxygens (including phenoxy) is 1. The number of aromatic nitrogens is 2. The number of pyridine rings is 2. The van der Waals surface area contributed by atoms with E-state index in [1.54, 1.807) is 42.9 Å². The molecule has 6 heteroatoms. The number of rotatable bonds is 4. The standard InChI is InChI=1S/C21H14ClN3O2/c22-19-10-14(2-4-18(19)21(23)26)20-11-17(6-8-25-20)27-16-3-1-13-5-7-24-12-15(13)9-16/h1-12H,(H2,23,26). The maximum absolute atomic E-state index is 11.3. The van der Waals surface area contributed by atoms with Gasteiger partial charge in [-0.15, -0.1) is 0 Å². The fourth-order valence-corrected chi connectivity index (χ4v) is 3.04. The van der Waals surface area contributed by atoms with E-state index in [0.717, 1.165) is 16.3 Å². The number of hydrogen-bond acceptors (Lipinski definition) is 4. The van der Waals surface area contributed by atoms with Crippen LogP contribution in [0.4, 0.5) is 0 Å². The molecule has 2 N–H and O–H groups in total. The summed E-state index contributed by atoms with van der Waals surface area (Å²) in [7, 11) is 0. The Morgan fingerprint density at radius 3 is 2.59 bits per heavy atom. The van der Waals surface area contributed by atoms with E-state index in [1.807, 2.05) is 30.3 Å². The largest absolute Gasteiger partial charge is 0.457 e. The van der Waals surface area contributed by atoms with Crippen LogP contribution in [0, 0.1) is 0 Å². The van der Waals surface area contributed by atoms with Gasteiger partial charge in [-0.25, -0.2) is 0 Å². The minimum atomic E-state index is -0.567. The molecule has 0 aliphatic heterocycles. The molecule has 2 aromatic heterocycles. The van der Waals surface area contributed by atoms with Crippen LogP contribution in [-0.2, 0) is 0 Å². The molecule has 132 valence electrons. The van der Waals surface area contributed by atoms with E-state index in [-0.39, 0.29) is 10.6 Å². The molecule has 4 aromatic rings. The van der Waals surface area contributed by atoms with Crippen molar-refractivity contribution in [3.8, 4) is 22.8 Å². The maximum Gasteiger partial charge on any atom is 0.250 e. The first kappa shape index (κ1) is 17.0. The number of nitrogens with two attached hydrogens (primary N) is 1. The smallest absolute Gasteiger partial charge is 0.250 e. The first-order chi connectivity index (χ1) is 13.1. The molecule has 0 aliphatic rings. The third-order valence-electron chi connectivity index (χ3n) is 4.11. The molecule has 1 amide bonds. The van der Waals surface area contributed by atoms with Gasteiger partial charge in [0.15, 0.2) is 0 Å². The van der Waals surface area contributed by atoms with Gasteiger partial charge < -0.3 is 10.5 Å². The molecule has 0 saturated heterocycles. The Labute approximate surface area is 160 Å². The van der Waals surface area contributed by atoms with Crippen molar-refractivity contribution in [1.82, 2.24) is 9.97 Å². The molecule has 27 heavy (non-hydrogen) atoms. The van der Waals surface area contributed by atoms with Gasteiger partial charge in [-0.3, -0.25) is 14.8 Å². The van der Waals surface area contributed by atoms with Crippen LogP contribution in [0.5, 0.6) is 11.5 Å². The van der Waals surface area contributed by atoms with E-state index < -0.39 is 5.91 Å². The highest BCUT2D eigenvalue weighted by molar-refractivity contribution is 6.34. The summed E-state index contributed by atoms with van der Waals surface area (Å²) >= 11 is 6.13. The third kappa shape index (κ3) is 3.59. The Balaban J connectivity index is 1.64. The van der Waals surface area contributed by atoms with Crippen LogP contribution in [0.3, 0.4) is 0 Å². The summed E-state index contributed by atoms with van der Waals surface area (Å²) in [5, 5.41) is 2.38. The van der Waals surface area contributed by atoms with E-state index in [1.165, 1.54) is 0 Å². The normalized spacial score (nSPS) is 10.7. The number of primary amides is 1. The molecule has 0 fully saturated rings. The van der Waals surface area contributed by atoms with Crippen LogP contribution < -0.4 is 10.5 Å². The van der Waals surface area contributed by atoms with Crippen LogP contribution >= 0.6 is 11.6 Å². The molecular weight excluding hydrogens is 362 g/mol. The van der Waals surface area contributed by atoms with Crippen molar-refractivity contribution >= 4 is 28.3 Å². The molecule has 0 spiro atoms. The Morgan fingerprint density at radius 2 is 1.78 bits per heavy atom. The number of carbonyl (C=O) groups excluding carboxylic acids is 1. The summed E-state index contributed by atoms with van der Waals surface area (Å²) in [6.45, 7) is 0. The lowest BCUT2D eigenvalue weighted by Gasteiger charge is -2.09. The summed E-state index contributed by atoms with van der Waals surface area (Å²) in [6.07, 6.45) is 5.21. The molecule has 5 nitrogen and oxygen atoms in total. The van der Waals surface area contributed by atoms with Crippen molar-refractivity contribution in [3.63, 3.8) is 0 Å². The van der Waals surface area contributed by atoms with Crippen LogP contribution in [0.1, 0.15) is 10.4 Å². The number of halogens is 1. The first-order valence-corrected chi connectivity index (χ1v) is 8.55. The highest BCUT2D eigenvalue weighted by Gasteiger charge is 2.10. The second kappa shape index (κ2) is 7.05. The molecule has 4 rings (SSSR count). The predicted molar refractivity (Wildman–Crippen MR) is 105 cm³/mol. The lowest BCUT2D eigenvalue weighted by atomic mass is 10.1. The third-order valence-corrected chi connectivity index (χ3v) is 4.42.